The fourth-order valence-corrected chi connectivity index (χ4v) is 5.37. The Labute approximate surface area is 95.5 Å². The van der Waals surface area contributed by atoms with Crippen LogP contribution in [0.25, 0.3) is 0 Å². The van der Waals surface area contributed by atoms with Crippen molar-refractivity contribution in [2.24, 2.45) is 5.73 Å². The Hall–Kier alpha value is 0.220. The lowest BCUT2D eigenvalue weighted by Gasteiger charge is -2.38. The Morgan fingerprint density at radius 3 is 2.67 bits per heavy atom. The van der Waals surface area contributed by atoms with Gasteiger partial charge in [0.25, 0.3) is 0 Å². The summed E-state index contributed by atoms with van der Waals surface area (Å²) in [5, 5.41) is 0. The van der Waals surface area contributed by atoms with E-state index in [1.54, 1.807) is 0 Å². The van der Waals surface area contributed by atoms with E-state index in [9.17, 15) is 8.42 Å². The second kappa shape index (κ2) is 4.24. The fourth-order valence-electron chi connectivity index (χ4n) is 2.43. The lowest BCUT2D eigenvalue weighted by molar-refractivity contribution is 0.164. The smallest absolute Gasteiger partial charge is 0.153 e. The molecule has 3 unspecified atom stereocenters. The van der Waals surface area contributed by atoms with Gasteiger partial charge < -0.3 is 5.73 Å². The van der Waals surface area contributed by atoms with Crippen molar-refractivity contribution in [3.8, 4) is 0 Å². The van der Waals surface area contributed by atoms with Crippen molar-refractivity contribution in [2.45, 2.75) is 25.0 Å². The van der Waals surface area contributed by atoms with E-state index in [2.05, 4.69) is 11.8 Å². The zero-order valence-corrected chi connectivity index (χ0v) is 10.6. The van der Waals surface area contributed by atoms with Crippen LogP contribution in [0.4, 0.5) is 0 Å². The number of sulfone groups is 1. The quantitative estimate of drug-likeness (QED) is 0.683. The molecule has 0 bridgehead atoms. The summed E-state index contributed by atoms with van der Waals surface area (Å²) in [5.74, 6) is 2.59. The van der Waals surface area contributed by atoms with Gasteiger partial charge in [0, 0.05) is 36.2 Å². The van der Waals surface area contributed by atoms with Crippen LogP contribution >= 0.6 is 11.8 Å². The molecule has 3 atom stereocenters. The van der Waals surface area contributed by atoms with Gasteiger partial charge in [-0.05, 0) is 6.92 Å². The van der Waals surface area contributed by atoms with Crippen LogP contribution < -0.4 is 5.73 Å². The summed E-state index contributed by atoms with van der Waals surface area (Å²) in [5.41, 5.74) is 5.92. The maximum absolute atomic E-state index is 11.5. The summed E-state index contributed by atoms with van der Waals surface area (Å²) in [6, 6.07) is 0.305. The van der Waals surface area contributed by atoms with Crippen molar-refractivity contribution >= 4 is 21.6 Å². The van der Waals surface area contributed by atoms with E-state index in [4.69, 9.17) is 5.73 Å². The Balaban J connectivity index is 2.10. The molecular formula is C9H18N2O2S2. The van der Waals surface area contributed by atoms with Crippen molar-refractivity contribution < 1.29 is 8.42 Å². The first kappa shape index (κ1) is 11.7. The Bertz CT molecular complexity index is 331. The number of thioether (sulfide) groups is 1. The standard InChI is InChI=1S/C9H18N2O2S2/c1-7-4-14-3-2-11(7)9-6-15(12,13)5-8(9)10/h7-9H,2-6,10H2,1H3. The van der Waals surface area contributed by atoms with Gasteiger partial charge in [-0.15, -0.1) is 0 Å². The highest BCUT2D eigenvalue weighted by molar-refractivity contribution is 7.99. The van der Waals surface area contributed by atoms with Gasteiger partial charge in [-0.1, -0.05) is 0 Å². The molecule has 88 valence electrons. The third-order valence-corrected chi connectivity index (χ3v) is 6.14. The van der Waals surface area contributed by atoms with E-state index in [0.717, 1.165) is 18.1 Å². The lowest BCUT2D eigenvalue weighted by atomic mass is 10.1. The molecule has 2 fully saturated rings. The Morgan fingerprint density at radius 1 is 1.40 bits per heavy atom. The summed E-state index contributed by atoms with van der Waals surface area (Å²) < 4.78 is 23.0. The van der Waals surface area contributed by atoms with Gasteiger partial charge in [-0.25, -0.2) is 8.42 Å². The molecule has 2 rings (SSSR count). The van der Waals surface area contributed by atoms with Crippen molar-refractivity contribution in [1.29, 1.82) is 0 Å². The zero-order chi connectivity index (χ0) is 11.1. The molecule has 0 amide bonds. The normalized spacial score (nSPS) is 41.9. The van der Waals surface area contributed by atoms with Crippen molar-refractivity contribution in [3.05, 3.63) is 0 Å². The second-order valence-corrected chi connectivity index (χ2v) is 7.77. The molecule has 0 radical (unpaired) electrons. The van der Waals surface area contributed by atoms with Crippen LogP contribution in [0.2, 0.25) is 0 Å². The molecule has 0 aromatic heterocycles. The third-order valence-electron chi connectivity index (χ3n) is 3.21. The van der Waals surface area contributed by atoms with Gasteiger partial charge in [-0.3, -0.25) is 4.90 Å². The van der Waals surface area contributed by atoms with Crippen molar-refractivity contribution in [3.63, 3.8) is 0 Å². The average Bonchev–Trinajstić information content (AvgIpc) is 2.40. The molecule has 2 N–H and O–H groups in total. The van der Waals surface area contributed by atoms with Crippen LogP contribution in [0, 0.1) is 0 Å². The van der Waals surface area contributed by atoms with E-state index in [1.165, 1.54) is 0 Å². The van der Waals surface area contributed by atoms with E-state index >= 15 is 0 Å². The topological polar surface area (TPSA) is 63.4 Å². The largest absolute Gasteiger partial charge is 0.325 e. The van der Waals surface area contributed by atoms with E-state index in [0.29, 0.717) is 6.04 Å². The minimum Gasteiger partial charge on any atom is -0.325 e. The minimum absolute atomic E-state index is 0.0471. The molecule has 2 saturated heterocycles. The van der Waals surface area contributed by atoms with Crippen LogP contribution in [0.3, 0.4) is 0 Å². The molecule has 2 aliphatic heterocycles. The summed E-state index contributed by atoms with van der Waals surface area (Å²) in [7, 11) is -2.89. The number of rotatable bonds is 1. The van der Waals surface area contributed by atoms with Gasteiger partial charge in [0.2, 0.25) is 0 Å². The van der Waals surface area contributed by atoms with Crippen LogP contribution in [-0.2, 0) is 9.84 Å². The molecule has 6 heteroatoms. The molecule has 0 aromatic carbocycles. The fraction of sp³-hybridized carbons (Fsp3) is 1.00. The first-order valence-corrected chi connectivity index (χ1v) is 8.27. The van der Waals surface area contributed by atoms with Crippen LogP contribution in [0.5, 0.6) is 0 Å². The van der Waals surface area contributed by atoms with Gasteiger partial charge in [0.15, 0.2) is 9.84 Å². The predicted molar refractivity (Wildman–Crippen MR) is 63.9 cm³/mol. The number of nitrogens with two attached hydrogens (primary N) is 1. The molecule has 15 heavy (non-hydrogen) atoms. The minimum atomic E-state index is -2.89. The Kier molecular flexibility index (Phi) is 3.30. The monoisotopic (exact) mass is 250 g/mol. The van der Waals surface area contributed by atoms with Gasteiger partial charge >= 0.3 is 0 Å². The highest BCUT2D eigenvalue weighted by Gasteiger charge is 2.40. The number of hydrogen-bond acceptors (Lipinski definition) is 5. The van der Waals surface area contributed by atoms with E-state index < -0.39 is 9.84 Å². The van der Waals surface area contributed by atoms with Crippen LogP contribution in [0.1, 0.15) is 6.92 Å². The van der Waals surface area contributed by atoms with Gasteiger partial charge in [0.05, 0.1) is 11.5 Å². The average molecular weight is 250 g/mol. The first-order valence-electron chi connectivity index (χ1n) is 5.29. The van der Waals surface area contributed by atoms with Crippen LogP contribution in [0.15, 0.2) is 0 Å². The molecule has 0 saturated carbocycles. The predicted octanol–water partition coefficient (Wildman–Crippen LogP) is -0.452. The molecule has 0 aliphatic carbocycles. The highest BCUT2D eigenvalue weighted by atomic mass is 32.2. The van der Waals surface area contributed by atoms with Crippen LogP contribution in [-0.4, -0.2) is 61.0 Å². The lowest BCUT2D eigenvalue weighted by Crippen LogP contribution is -2.53. The maximum Gasteiger partial charge on any atom is 0.153 e. The van der Waals surface area contributed by atoms with Crippen molar-refractivity contribution in [1.82, 2.24) is 4.90 Å². The zero-order valence-electron chi connectivity index (χ0n) is 8.93. The second-order valence-electron chi connectivity index (χ2n) is 4.47. The summed E-state index contributed by atoms with van der Waals surface area (Å²) >= 11 is 1.93. The summed E-state index contributed by atoms with van der Waals surface area (Å²) in [6.07, 6.45) is 0. The molecule has 2 heterocycles. The van der Waals surface area contributed by atoms with Gasteiger partial charge in [-0.2, -0.15) is 11.8 Å². The van der Waals surface area contributed by atoms with E-state index in [-0.39, 0.29) is 23.6 Å². The van der Waals surface area contributed by atoms with Gasteiger partial charge in [0.1, 0.15) is 0 Å². The molecule has 0 spiro atoms. The first-order chi connectivity index (χ1) is 6.99. The molecular weight excluding hydrogens is 232 g/mol. The summed E-state index contributed by atoms with van der Waals surface area (Å²) in [6.45, 7) is 3.13. The van der Waals surface area contributed by atoms with E-state index in [1.807, 2.05) is 11.8 Å². The van der Waals surface area contributed by atoms with Crippen molar-refractivity contribution in [2.75, 3.05) is 29.6 Å². The number of hydrogen-bond donors (Lipinski definition) is 1. The molecule has 4 nitrogen and oxygen atoms in total. The SMILES string of the molecule is CC1CSCCN1C1CS(=O)(=O)CC1N. The summed E-state index contributed by atoms with van der Waals surface area (Å²) in [4.78, 5) is 2.28. The highest BCUT2D eigenvalue weighted by Crippen LogP contribution is 2.24. The third kappa shape index (κ3) is 2.49. The maximum atomic E-state index is 11.5. The Morgan fingerprint density at radius 2 is 2.13 bits per heavy atom. The molecule has 2 aliphatic rings. The number of nitrogens with zero attached hydrogens (tertiary/aromatic N) is 1. The molecule has 0 aromatic rings.